The zero-order valence-electron chi connectivity index (χ0n) is 19.5. The molecule has 2 aliphatic heterocycles. The first-order chi connectivity index (χ1) is 16.8. The van der Waals surface area contributed by atoms with Crippen LogP contribution in [0.25, 0.3) is 5.57 Å². The average Bonchev–Trinajstić information content (AvgIpc) is 3.41. The van der Waals surface area contributed by atoms with Crippen molar-refractivity contribution >= 4 is 39.0 Å². The number of aromatic nitrogens is 1. The van der Waals surface area contributed by atoms with E-state index in [1.54, 1.807) is 0 Å². The van der Waals surface area contributed by atoms with Crippen LogP contribution in [0.5, 0.6) is 5.75 Å². The zero-order chi connectivity index (χ0) is 24.2. The van der Waals surface area contributed by atoms with Gasteiger partial charge < -0.3 is 15.0 Å². The Morgan fingerprint density at radius 1 is 1.09 bits per heavy atom. The van der Waals surface area contributed by atoms with Crippen molar-refractivity contribution in [2.75, 3.05) is 29.9 Å². The number of allylic oxidation sites excluding steroid dienone is 2. The zero-order valence-corrected chi connectivity index (χ0v) is 21.1. The highest BCUT2D eigenvalue weighted by molar-refractivity contribution is 9.10. The highest BCUT2D eigenvalue weighted by Crippen LogP contribution is 2.56. The summed E-state index contributed by atoms with van der Waals surface area (Å²) in [6, 6.07) is 7.60. The molecule has 6 rings (SSSR count). The number of halogens is 3. The number of fused-ring (bicyclic) bond motifs is 1. The van der Waals surface area contributed by atoms with E-state index in [1.807, 2.05) is 29.2 Å². The Labute approximate surface area is 212 Å². The van der Waals surface area contributed by atoms with Gasteiger partial charge in [0.1, 0.15) is 5.82 Å². The lowest BCUT2D eigenvalue weighted by atomic mass is 9.83. The average molecular weight is 544 g/mol. The van der Waals surface area contributed by atoms with Gasteiger partial charge in [0, 0.05) is 48.0 Å². The van der Waals surface area contributed by atoms with Crippen molar-refractivity contribution < 1.29 is 18.3 Å². The number of hydrogen-bond donors (Lipinski definition) is 1. The number of piperidine rings is 1. The Morgan fingerprint density at radius 2 is 1.89 bits per heavy atom. The van der Waals surface area contributed by atoms with Crippen LogP contribution in [0.3, 0.4) is 0 Å². The molecule has 1 saturated heterocycles. The van der Waals surface area contributed by atoms with Gasteiger partial charge in [-0.1, -0.05) is 22.0 Å². The fourth-order valence-corrected chi connectivity index (χ4v) is 5.85. The van der Waals surface area contributed by atoms with Crippen LogP contribution >= 0.6 is 15.9 Å². The smallest absolute Gasteiger partial charge is 0.257 e. The van der Waals surface area contributed by atoms with Crippen molar-refractivity contribution in [3.8, 4) is 5.75 Å². The number of carbonyl (C=O) groups is 1. The number of alkyl halides is 2. The number of hydrogen-bond acceptors (Lipinski definition) is 4. The van der Waals surface area contributed by atoms with Gasteiger partial charge in [-0.3, -0.25) is 4.79 Å². The summed E-state index contributed by atoms with van der Waals surface area (Å²) in [5.74, 6) is -1.24. The number of nitrogens with zero attached hydrogens (tertiary/aromatic N) is 2. The summed E-state index contributed by atoms with van der Waals surface area (Å²) in [5.41, 5.74) is 4.25. The molecule has 1 amide bonds. The van der Waals surface area contributed by atoms with Crippen LogP contribution in [0.1, 0.15) is 66.4 Å². The van der Waals surface area contributed by atoms with Gasteiger partial charge in [0.15, 0.2) is 11.6 Å². The fraction of sp³-hybridized carbons (Fsp3) is 0.481. The van der Waals surface area contributed by atoms with Gasteiger partial charge in [-0.15, -0.1) is 0 Å². The number of nitrogens with one attached hydrogen (secondary N) is 1. The van der Waals surface area contributed by atoms with Crippen molar-refractivity contribution in [2.45, 2.75) is 57.3 Å². The van der Waals surface area contributed by atoms with E-state index in [2.05, 4.69) is 32.3 Å². The molecule has 1 N–H and O–H groups in total. The van der Waals surface area contributed by atoms with Gasteiger partial charge in [-0.05, 0) is 72.9 Å². The Bertz CT molecular complexity index is 1220. The molecule has 0 atom stereocenters. The molecule has 1 saturated carbocycles. The monoisotopic (exact) mass is 543 g/mol. The standard InChI is InChI=1S/C27H28BrF2N3O2/c28-19-1-2-20(21(16-19)17-3-6-26(7-4-17)8-9-26)25(34)32-22-15-18-5-14-35-23(18)24(31-22)33-12-10-27(29,30)11-13-33/h1-3,15-16H,4-14H2,(H,31,32,34). The maximum atomic E-state index is 13.7. The summed E-state index contributed by atoms with van der Waals surface area (Å²) >= 11 is 3.56. The van der Waals surface area contributed by atoms with Crippen LogP contribution in [0, 0.1) is 5.41 Å². The summed E-state index contributed by atoms with van der Waals surface area (Å²) < 4.78 is 34.2. The quantitative estimate of drug-likeness (QED) is 0.471. The lowest BCUT2D eigenvalue weighted by molar-refractivity contribution is -0.0222. The Morgan fingerprint density at radius 3 is 2.60 bits per heavy atom. The normalized spacial score (nSPS) is 21.8. The SMILES string of the molecule is O=C(Nc1cc2c(c(N3CCC(F)(F)CC3)n1)OCC2)c1ccc(Br)cc1C1=CCC2(CC1)CC2. The maximum absolute atomic E-state index is 13.7. The van der Waals surface area contributed by atoms with Crippen molar-refractivity contribution in [3.63, 3.8) is 0 Å². The first kappa shape index (κ1) is 23.0. The fourth-order valence-electron chi connectivity index (χ4n) is 5.48. The Hall–Kier alpha value is -2.48. The number of benzene rings is 1. The molecule has 0 bridgehead atoms. The predicted octanol–water partition coefficient (Wildman–Crippen LogP) is 6.61. The lowest BCUT2D eigenvalue weighted by Crippen LogP contribution is -2.40. The third-order valence-corrected chi connectivity index (χ3v) is 8.41. The van der Waals surface area contributed by atoms with Gasteiger partial charge in [0.05, 0.1) is 6.61 Å². The number of ether oxygens (including phenoxy) is 1. The van der Waals surface area contributed by atoms with E-state index in [4.69, 9.17) is 4.74 Å². The van der Waals surface area contributed by atoms with Crippen molar-refractivity contribution in [2.24, 2.45) is 5.41 Å². The van der Waals surface area contributed by atoms with E-state index in [0.29, 0.717) is 41.4 Å². The van der Waals surface area contributed by atoms with Crippen molar-refractivity contribution in [1.82, 2.24) is 4.98 Å². The van der Waals surface area contributed by atoms with Gasteiger partial charge in [-0.25, -0.2) is 13.8 Å². The highest BCUT2D eigenvalue weighted by atomic mass is 79.9. The Balaban J connectivity index is 1.28. The molecular formula is C27H28BrF2N3O2. The summed E-state index contributed by atoms with van der Waals surface area (Å²) in [7, 11) is 0. The van der Waals surface area contributed by atoms with E-state index in [0.717, 1.165) is 28.4 Å². The summed E-state index contributed by atoms with van der Waals surface area (Å²) in [4.78, 5) is 20.0. The Kier molecular flexibility index (Phi) is 5.62. The van der Waals surface area contributed by atoms with Crippen molar-refractivity contribution in [3.05, 3.63) is 51.5 Å². The molecule has 1 spiro atoms. The van der Waals surface area contributed by atoms with Crippen LogP contribution in [-0.2, 0) is 6.42 Å². The summed E-state index contributed by atoms with van der Waals surface area (Å²) in [5, 5.41) is 2.99. The maximum Gasteiger partial charge on any atom is 0.257 e. The topological polar surface area (TPSA) is 54.5 Å². The molecule has 2 fully saturated rings. The third-order valence-electron chi connectivity index (χ3n) is 7.92. The molecule has 3 heterocycles. The predicted molar refractivity (Wildman–Crippen MR) is 135 cm³/mol. The molecule has 35 heavy (non-hydrogen) atoms. The molecule has 8 heteroatoms. The second-order valence-electron chi connectivity index (χ2n) is 10.3. The number of pyridine rings is 1. The van der Waals surface area contributed by atoms with Crippen LogP contribution in [0.2, 0.25) is 0 Å². The minimum absolute atomic E-state index is 0.208. The first-order valence-corrected chi connectivity index (χ1v) is 13.2. The van der Waals surface area contributed by atoms with E-state index in [9.17, 15) is 13.6 Å². The second kappa shape index (κ2) is 8.57. The molecule has 5 nitrogen and oxygen atoms in total. The van der Waals surface area contributed by atoms with Crippen LogP contribution in [0.4, 0.5) is 20.4 Å². The molecule has 0 radical (unpaired) electrons. The summed E-state index contributed by atoms with van der Waals surface area (Å²) in [6.45, 7) is 0.942. The number of amides is 1. The van der Waals surface area contributed by atoms with Crippen LogP contribution < -0.4 is 15.0 Å². The van der Waals surface area contributed by atoms with Crippen molar-refractivity contribution in [1.29, 1.82) is 0 Å². The molecule has 0 unspecified atom stereocenters. The third kappa shape index (κ3) is 4.57. The van der Waals surface area contributed by atoms with Gasteiger partial charge in [0.2, 0.25) is 0 Å². The van der Waals surface area contributed by atoms with E-state index >= 15 is 0 Å². The molecule has 4 aliphatic rings. The molecule has 2 aliphatic carbocycles. The molecule has 1 aromatic heterocycles. The van der Waals surface area contributed by atoms with E-state index in [1.165, 1.54) is 24.8 Å². The molecule has 1 aromatic carbocycles. The van der Waals surface area contributed by atoms with E-state index < -0.39 is 5.92 Å². The lowest BCUT2D eigenvalue weighted by Gasteiger charge is -2.33. The van der Waals surface area contributed by atoms with E-state index in [-0.39, 0.29) is 31.8 Å². The van der Waals surface area contributed by atoms with Gasteiger partial charge in [-0.2, -0.15) is 0 Å². The molecule has 184 valence electrons. The minimum Gasteiger partial charge on any atom is -0.489 e. The number of rotatable bonds is 4. The van der Waals surface area contributed by atoms with Crippen LogP contribution in [0.15, 0.2) is 34.8 Å². The summed E-state index contributed by atoms with van der Waals surface area (Å²) in [6.07, 6.45) is 8.46. The van der Waals surface area contributed by atoms with Gasteiger partial charge >= 0.3 is 0 Å². The second-order valence-corrected chi connectivity index (χ2v) is 11.3. The van der Waals surface area contributed by atoms with Crippen LogP contribution in [-0.4, -0.2) is 36.5 Å². The first-order valence-electron chi connectivity index (χ1n) is 12.4. The van der Waals surface area contributed by atoms with Gasteiger partial charge in [0.25, 0.3) is 11.8 Å². The molecular weight excluding hydrogens is 516 g/mol. The number of carbonyl (C=O) groups excluding carboxylic acids is 1. The highest BCUT2D eigenvalue weighted by Gasteiger charge is 2.43. The largest absolute Gasteiger partial charge is 0.489 e. The minimum atomic E-state index is -2.64. The molecule has 2 aromatic rings. The number of anilines is 2.